The third kappa shape index (κ3) is 4.93. The number of hydrogen-bond donors (Lipinski definition) is 1. The summed E-state index contributed by atoms with van der Waals surface area (Å²) >= 11 is 0. The van der Waals surface area contributed by atoms with Gasteiger partial charge in [-0.1, -0.05) is 32.0 Å². The number of para-hydroxylation sites is 1. The maximum atomic E-state index is 6.05. The molecule has 1 aliphatic heterocycles. The second-order valence-electron chi connectivity index (χ2n) is 5.59. The van der Waals surface area contributed by atoms with Crippen molar-refractivity contribution in [1.82, 2.24) is 4.90 Å². The van der Waals surface area contributed by atoms with Crippen LogP contribution in [-0.4, -0.2) is 43.8 Å². The van der Waals surface area contributed by atoms with E-state index in [1.54, 1.807) is 0 Å². The molecule has 21 heavy (non-hydrogen) atoms. The lowest BCUT2D eigenvalue weighted by molar-refractivity contribution is 0.0674. The Bertz CT molecular complexity index is 468. The zero-order valence-electron chi connectivity index (χ0n) is 12.9. The molecule has 1 aliphatic rings. The highest BCUT2D eigenvalue weighted by atomic mass is 16.5. The molecule has 0 spiro atoms. The highest BCUT2D eigenvalue weighted by Crippen LogP contribution is 2.19. The molecule has 1 saturated heterocycles. The van der Waals surface area contributed by atoms with E-state index in [0.29, 0.717) is 38.2 Å². The van der Waals surface area contributed by atoms with Gasteiger partial charge in [0, 0.05) is 18.7 Å². The molecule has 0 amide bonds. The normalized spacial score (nSPS) is 16.3. The van der Waals surface area contributed by atoms with Gasteiger partial charge in [-0.15, -0.1) is 0 Å². The third-order valence-electron chi connectivity index (χ3n) is 3.29. The predicted molar refractivity (Wildman–Crippen MR) is 84.5 cm³/mol. The van der Waals surface area contributed by atoms with Gasteiger partial charge in [0.05, 0.1) is 26.4 Å². The van der Waals surface area contributed by atoms with Crippen LogP contribution in [0.5, 0.6) is 5.75 Å². The lowest BCUT2D eigenvalue weighted by Crippen LogP contribution is -2.44. The molecule has 5 nitrogen and oxygen atoms in total. The van der Waals surface area contributed by atoms with Crippen molar-refractivity contribution in [2.45, 2.75) is 20.4 Å². The number of guanidine groups is 1. The van der Waals surface area contributed by atoms with Crippen molar-refractivity contribution in [3.8, 4) is 5.75 Å². The molecule has 1 heterocycles. The van der Waals surface area contributed by atoms with Gasteiger partial charge in [-0.3, -0.25) is 0 Å². The molecule has 2 N–H and O–H groups in total. The van der Waals surface area contributed by atoms with Crippen molar-refractivity contribution in [3.05, 3.63) is 29.8 Å². The van der Waals surface area contributed by atoms with E-state index in [1.807, 2.05) is 24.3 Å². The van der Waals surface area contributed by atoms with Crippen LogP contribution in [0.15, 0.2) is 29.3 Å². The molecule has 116 valence electrons. The SMILES string of the molecule is CC(C)COc1ccccc1CN=C(N)N1CCOCC1. The van der Waals surface area contributed by atoms with Crippen LogP contribution in [0.25, 0.3) is 0 Å². The molecule has 0 bridgehead atoms. The number of ether oxygens (including phenoxy) is 2. The van der Waals surface area contributed by atoms with E-state index >= 15 is 0 Å². The Labute approximate surface area is 126 Å². The summed E-state index contributed by atoms with van der Waals surface area (Å²) in [5.74, 6) is 1.97. The molecule has 0 atom stereocenters. The first kappa shape index (κ1) is 15.6. The van der Waals surface area contributed by atoms with Gasteiger partial charge in [-0.25, -0.2) is 4.99 Å². The third-order valence-corrected chi connectivity index (χ3v) is 3.29. The molecule has 0 saturated carbocycles. The van der Waals surface area contributed by atoms with E-state index in [2.05, 4.69) is 23.7 Å². The summed E-state index contributed by atoms with van der Waals surface area (Å²) in [6.45, 7) is 8.56. The average molecular weight is 291 g/mol. The summed E-state index contributed by atoms with van der Waals surface area (Å²) in [6, 6.07) is 8.00. The maximum absolute atomic E-state index is 6.05. The van der Waals surface area contributed by atoms with Crippen molar-refractivity contribution in [2.75, 3.05) is 32.9 Å². The molecule has 0 unspecified atom stereocenters. The smallest absolute Gasteiger partial charge is 0.191 e. The zero-order chi connectivity index (χ0) is 15.1. The van der Waals surface area contributed by atoms with Gasteiger partial charge >= 0.3 is 0 Å². The number of morpholine rings is 1. The molecule has 1 fully saturated rings. The first-order chi connectivity index (χ1) is 10.2. The molecule has 0 aliphatic carbocycles. The Kier molecular flexibility index (Phi) is 5.87. The first-order valence-corrected chi connectivity index (χ1v) is 7.50. The number of benzene rings is 1. The molecule has 2 rings (SSSR count). The number of nitrogens with zero attached hydrogens (tertiary/aromatic N) is 2. The summed E-state index contributed by atoms with van der Waals surface area (Å²) in [5.41, 5.74) is 7.11. The van der Waals surface area contributed by atoms with Crippen molar-refractivity contribution in [2.24, 2.45) is 16.6 Å². The van der Waals surface area contributed by atoms with Crippen LogP contribution < -0.4 is 10.5 Å². The topological polar surface area (TPSA) is 60.1 Å². The standard InChI is InChI=1S/C16H25N3O2/c1-13(2)12-21-15-6-4-3-5-14(15)11-18-16(17)19-7-9-20-10-8-19/h3-6,13H,7-12H2,1-2H3,(H2,17,18). The second kappa shape index (κ2) is 7.88. The first-order valence-electron chi connectivity index (χ1n) is 7.50. The minimum absolute atomic E-state index is 0.500. The molecule has 0 radical (unpaired) electrons. The van der Waals surface area contributed by atoms with Gasteiger partial charge in [0.1, 0.15) is 5.75 Å². The van der Waals surface area contributed by atoms with E-state index in [0.717, 1.165) is 24.4 Å². The number of hydrogen-bond acceptors (Lipinski definition) is 3. The van der Waals surface area contributed by atoms with Crippen LogP contribution in [0, 0.1) is 5.92 Å². The highest BCUT2D eigenvalue weighted by molar-refractivity contribution is 5.78. The van der Waals surface area contributed by atoms with Crippen LogP contribution in [0.1, 0.15) is 19.4 Å². The van der Waals surface area contributed by atoms with Gasteiger partial charge in [0.2, 0.25) is 0 Å². The van der Waals surface area contributed by atoms with Crippen molar-refractivity contribution in [3.63, 3.8) is 0 Å². The number of rotatable bonds is 5. The van der Waals surface area contributed by atoms with Gasteiger partial charge in [0.25, 0.3) is 0 Å². The largest absolute Gasteiger partial charge is 0.493 e. The minimum Gasteiger partial charge on any atom is -0.493 e. The summed E-state index contributed by atoms with van der Waals surface area (Å²) in [5, 5.41) is 0. The summed E-state index contributed by atoms with van der Waals surface area (Å²) in [6.07, 6.45) is 0. The van der Waals surface area contributed by atoms with E-state index in [-0.39, 0.29) is 0 Å². The van der Waals surface area contributed by atoms with Gasteiger partial charge in [0.15, 0.2) is 5.96 Å². The Morgan fingerprint density at radius 3 is 2.76 bits per heavy atom. The lowest BCUT2D eigenvalue weighted by Gasteiger charge is -2.27. The Hall–Kier alpha value is -1.75. The Balaban J connectivity index is 1.98. The summed E-state index contributed by atoms with van der Waals surface area (Å²) in [7, 11) is 0. The van der Waals surface area contributed by atoms with Crippen LogP contribution in [0.4, 0.5) is 0 Å². The van der Waals surface area contributed by atoms with Gasteiger partial charge in [-0.05, 0) is 12.0 Å². The van der Waals surface area contributed by atoms with Crippen LogP contribution in [0.2, 0.25) is 0 Å². The van der Waals surface area contributed by atoms with Crippen molar-refractivity contribution >= 4 is 5.96 Å². The number of aliphatic imine (C=N–C) groups is 1. The van der Waals surface area contributed by atoms with Gasteiger partial charge in [-0.2, -0.15) is 0 Å². The van der Waals surface area contributed by atoms with Crippen LogP contribution >= 0.6 is 0 Å². The predicted octanol–water partition coefficient (Wildman–Crippen LogP) is 1.87. The fourth-order valence-electron chi connectivity index (χ4n) is 2.09. The number of nitrogens with two attached hydrogens (primary N) is 1. The van der Waals surface area contributed by atoms with E-state index < -0.39 is 0 Å². The highest BCUT2D eigenvalue weighted by Gasteiger charge is 2.12. The summed E-state index contributed by atoms with van der Waals surface area (Å²) < 4.78 is 11.1. The Morgan fingerprint density at radius 1 is 1.33 bits per heavy atom. The van der Waals surface area contributed by atoms with Crippen molar-refractivity contribution < 1.29 is 9.47 Å². The minimum atomic E-state index is 0.500. The molecule has 1 aromatic rings. The summed E-state index contributed by atoms with van der Waals surface area (Å²) in [4.78, 5) is 6.55. The maximum Gasteiger partial charge on any atom is 0.191 e. The lowest BCUT2D eigenvalue weighted by atomic mass is 10.2. The molecular weight excluding hydrogens is 266 g/mol. The molecule has 1 aromatic carbocycles. The molecule has 0 aromatic heterocycles. The fourth-order valence-corrected chi connectivity index (χ4v) is 2.09. The fraction of sp³-hybridized carbons (Fsp3) is 0.562. The van der Waals surface area contributed by atoms with E-state index in [9.17, 15) is 0 Å². The van der Waals surface area contributed by atoms with E-state index in [4.69, 9.17) is 15.2 Å². The van der Waals surface area contributed by atoms with E-state index in [1.165, 1.54) is 0 Å². The van der Waals surface area contributed by atoms with Crippen LogP contribution in [-0.2, 0) is 11.3 Å². The molecular formula is C16H25N3O2. The van der Waals surface area contributed by atoms with Gasteiger partial charge < -0.3 is 20.1 Å². The Morgan fingerprint density at radius 2 is 2.05 bits per heavy atom. The van der Waals surface area contributed by atoms with Crippen molar-refractivity contribution in [1.29, 1.82) is 0 Å². The van der Waals surface area contributed by atoms with Crippen LogP contribution in [0.3, 0.4) is 0 Å². The molecule has 5 heteroatoms. The zero-order valence-corrected chi connectivity index (χ0v) is 12.9. The monoisotopic (exact) mass is 291 g/mol. The second-order valence-corrected chi connectivity index (χ2v) is 5.59. The quantitative estimate of drug-likeness (QED) is 0.664. The average Bonchev–Trinajstić information content (AvgIpc) is 2.52.